The van der Waals surface area contributed by atoms with Crippen LogP contribution in [0.2, 0.25) is 0 Å². The Bertz CT molecular complexity index is 1160. The zero-order valence-electron chi connectivity index (χ0n) is 20.7. The molecule has 2 aliphatic rings. The Balaban J connectivity index is 1.40. The van der Waals surface area contributed by atoms with Crippen LogP contribution < -0.4 is 10.1 Å². The summed E-state index contributed by atoms with van der Waals surface area (Å²) < 4.78 is 45.7. The summed E-state index contributed by atoms with van der Waals surface area (Å²) in [6.07, 6.45) is 3.18. The van der Waals surface area contributed by atoms with Gasteiger partial charge in [-0.1, -0.05) is 13.8 Å². The summed E-state index contributed by atoms with van der Waals surface area (Å²) in [4.78, 5) is 27.3. The van der Waals surface area contributed by atoms with E-state index >= 15 is 0 Å². The van der Waals surface area contributed by atoms with Gasteiger partial charge >= 0.3 is 0 Å². The van der Waals surface area contributed by atoms with Crippen molar-refractivity contribution in [3.8, 4) is 5.75 Å². The number of amides is 2. The molecule has 0 aliphatic carbocycles. The quantitative estimate of drug-likeness (QED) is 0.562. The first-order chi connectivity index (χ1) is 17.0. The van der Waals surface area contributed by atoms with Crippen molar-refractivity contribution in [2.75, 3.05) is 18.5 Å². The van der Waals surface area contributed by atoms with Gasteiger partial charge in [0.25, 0.3) is 5.91 Å². The molecule has 4 rings (SSSR count). The first-order valence-corrected chi connectivity index (χ1v) is 11.8. The van der Waals surface area contributed by atoms with E-state index in [1.807, 2.05) is 27.7 Å². The van der Waals surface area contributed by atoms with Crippen molar-refractivity contribution >= 4 is 17.6 Å². The van der Waals surface area contributed by atoms with E-state index in [4.69, 9.17) is 14.2 Å². The molecule has 0 unspecified atom stereocenters. The summed E-state index contributed by atoms with van der Waals surface area (Å²) >= 11 is 0. The van der Waals surface area contributed by atoms with Gasteiger partial charge < -0.3 is 24.4 Å². The molecule has 2 amide bonds. The number of carbonyl (C=O) groups is 2. The maximum atomic E-state index is 14.0. The lowest BCUT2D eigenvalue weighted by Gasteiger charge is -2.28. The van der Waals surface area contributed by atoms with Gasteiger partial charge in [-0.05, 0) is 38.3 Å². The fraction of sp³-hybridized carbons (Fsp3) is 0.480. The van der Waals surface area contributed by atoms with Crippen LogP contribution in [0.4, 0.5) is 14.6 Å². The van der Waals surface area contributed by atoms with Crippen LogP contribution in [0.3, 0.4) is 0 Å². The van der Waals surface area contributed by atoms with Gasteiger partial charge in [0.2, 0.25) is 5.91 Å². The molecule has 2 aromatic rings. The van der Waals surface area contributed by atoms with Crippen molar-refractivity contribution in [2.45, 2.75) is 58.6 Å². The summed E-state index contributed by atoms with van der Waals surface area (Å²) in [7, 11) is 0. The van der Waals surface area contributed by atoms with Gasteiger partial charge in [0, 0.05) is 24.4 Å². The highest BCUT2D eigenvalue weighted by atomic mass is 19.1. The Morgan fingerprint density at radius 2 is 2.08 bits per heavy atom. The molecule has 1 aromatic carbocycles. The molecule has 1 fully saturated rings. The second-order valence-corrected chi connectivity index (χ2v) is 9.76. The molecule has 11 heteroatoms. The number of aromatic nitrogens is 2. The Kier molecular flexibility index (Phi) is 7.41. The minimum Gasteiger partial charge on any atom is -0.457 e. The predicted octanol–water partition coefficient (Wildman–Crippen LogP) is 3.47. The van der Waals surface area contributed by atoms with Crippen molar-refractivity contribution in [2.24, 2.45) is 5.92 Å². The third kappa shape index (κ3) is 6.27. The van der Waals surface area contributed by atoms with E-state index in [1.54, 1.807) is 16.9 Å². The molecule has 1 aromatic heterocycles. The number of anilines is 1. The summed E-state index contributed by atoms with van der Waals surface area (Å²) in [6, 6.07) is 3.78. The lowest BCUT2D eigenvalue weighted by molar-refractivity contribution is -0.139. The molecular formula is C25H30F2N4O5. The van der Waals surface area contributed by atoms with Crippen molar-refractivity contribution < 1.29 is 32.6 Å². The number of halogens is 2. The first-order valence-electron chi connectivity index (χ1n) is 11.8. The summed E-state index contributed by atoms with van der Waals surface area (Å²) in [5, 5.41) is 7.18. The molecule has 194 valence electrons. The van der Waals surface area contributed by atoms with Crippen LogP contribution in [0.15, 0.2) is 42.3 Å². The highest BCUT2D eigenvalue weighted by Crippen LogP contribution is 2.26. The minimum absolute atomic E-state index is 0.0241. The first kappa shape index (κ1) is 25.8. The summed E-state index contributed by atoms with van der Waals surface area (Å²) in [6.45, 7) is 8.46. The zero-order chi connectivity index (χ0) is 26.0. The Labute approximate surface area is 208 Å². The Hall–Kier alpha value is -3.31. The smallest absolute Gasteiger partial charge is 0.251 e. The fourth-order valence-electron chi connectivity index (χ4n) is 4.16. The number of ether oxygens (including phenoxy) is 3. The van der Waals surface area contributed by atoms with Crippen LogP contribution in [0.25, 0.3) is 0 Å². The van der Waals surface area contributed by atoms with Crippen molar-refractivity contribution in [3.63, 3.8) is 0 Å². The van der Waals surface area contributed by atoms with Crippen LogP contribution in [0.5, 0.6) is 5.75 Å². The van der Waals surface area contributed by atoms with Gasteiger partial charge in [0.1, 0.15) is 23.7 Å². The molecule has 36 heavy (non-hydrogen) atoms. The van der Waals surface area contributed by atoms with Gasteiger partial charge in [-0.25, -0.2) is 8.78 Å². The topological polar surface area (TPSA) is 94.9 Å². The third-order valence-corrected chi connectivity index (χ3v) is 5.75. The normalized spacial score (nSPS) is 20.1. The van der Waals surface area contributed by atoms with Crippen molar-refractivity contribution in [1.82, 2.24) is 14.7 Å². The van der Waals surface area contributed by atoms with E-state index in [1.165, 1.54) is 11.0 Å². The number of carbonyl (C=O) groups excluding carboxylic acids is 2. The molecule has 3 heterocycles. The SMILES string of the molecule is CC(C)C[C@@H](C(=O)Nc1ccn(C[C@@H]2COC(C)(C)O2)n1)N1CC(Oc2ccc(F)cc2F)=CC1=O. The van der Waals surface area contributed by atoms with Crippen molar-refractivity contribution in [3.05, 3.63) is 53.9 Å². The number of nitrogens with one attached hydrogen (secondary N) is 1. The van der Waals surface area contributed by atoms with E-state index in [-0.39, 0.29) is 30.1 Å². The number of nitrogens with zero attached hydrogens (tertiary/aromatic N) is 3. The van der Waals surface area contributed by atoms with Gasteiger partial charge in [-0.15, -0.1) is 0 Å². The van der Waals surface area contributed by atoms with Crippen LogP contribution >= 0.6 is 0 Å². The van der Waals surface area contributed by atoms with Gasteiger partial charge in [-0.3, -0.25) is 14.3 Å². The van der Waals surface area contributed by atoms with Crippen LogP contribution in [-0.2, 0) is 25.6 Å². The molecule has 1 saturated heterocycles. The highest BCUT2D eigenvalue weighted by Gasteiger charge is 2.36. The van der Waals surface area contributed by atoms with E-state index < -0.39 is 35.3 Å². The molecule has 0 saturated carbocycles. The molecule has 2 atom stereocenters. The maximum absolute atomic E-state index is 14.0. The summed E-state index contributed by atoms with van der Waals surface area (Å²) in [5.74, 6) is -2.67. The van der Waals surface area contributed by atoms with E-state index in [0.717, 1.165) is 12.1 Å². The van der Waals surface area contributed by atoms with E-state index in [0.29, 0.717) is 31.5 Å². The average Bonchev–Trinajstić information content (AvgIpc) is 3.47. The van der Waals surface area contributed by atoms with E-state index in [9.17, 15) is 18.4 Å². The van der Waals surface area contributed by atoms with Crippen LogP contribution in [0.1, 0.15) is 34.1 Å². The third-order valence-electron chi connectivity index (χ3n) is 5.75. The van der Waals surface area contributed by atoms with Gasteiger partial charge in [0.05, 0.1) is 19.7 Å². The molecule has 9 nitrogen and oxygen atoms in total. The van der Waals surface area contributed by atoms with Crippen LogP contribution in [-0.4, -0.2) is 57.6 Å². The van der Waals surface area contributed by atoms with Crippen LogP contribution in [0, 0.1) is 17.6 Å². The Morgan fingerprint density at radius 1 is 1.31 bits per heavy atom. The largest absolute Gasteiger partial charge is 0.457 e. The zero-order valence-corrected chi connectivity index (χ0v) is 20.7. The van der Waals surface area contributed by atoms with Gasteiger partial charge in [0.15, 0.2) is 23.2 Å². The van der Waals surface area contributed by atoms with Gasteiger partial charge in [-0.2, -0.15) is 5.10 Å². The van der Waals surface area contributed by atoms with E-state index in [2.05, 4.69) is 10.4 Å². The lowest BCUT2D eigenvalue weighted by atomic mass is 10.0. The van der Waals surface area contributed by atoms with Crippen molar-refractivity contribution in [1.29, 1.82) is 0 Å². The molecule has 0 radical (unpaired) electrons. The average molecular weight is 505 g/mol. The second kappa shape index (κ2) is 10.4. The number of benzene rings is 1. The predicted molar refractivity (Wildman–Crippen MR) is 126 cm³/mol. The molecule has 1 N–H and O–H groups in total. The molecule has 0 spiro atoms. The fourth-order valence-corrected chi connectivity index (χ4v) is 4.16. The summed E-state index contributed by atoms with van der Waals surface area (Å²) in [5.41, 5.74) is 0. The number of hydrogen-bond donors (Lipinski definition) is 1. The lowest BCUT2D eigenvalue weighted by Crippen LogP contribution is -2.46. The maximum Gasteiger partial charge on any atom is 0.251 e. The number of rotatable bonds is 9. The Morgan fingerprint density at radius 3 is 2.75 bits per heavy atom. The highest BCUT2D eigenvalue weighted by molar-refractivity contribution is 5.99. The number of hydrogen-bond acceptors (Lipinski definition) is 6. The molecule has 0 bridgehead atoms. The standard InChI is InChI=1S/C25H30F2N4O5/c1-15(2)9-20(31-13-17(11-23(31)32)35-21-6-5-16(26)10-19(21)27)24(33)28-22-7-8-30(29-22)12-18-14-34-25(3,4)36-18/h5-8,10-11,15,18,20H,9,12-14H2,1-4H3,(H,28,29,33)/t18-,20+/m1/s1. The monoisotopic (exact) mass is 504 g/mol. The second-order valence-electron chi connectivity index (χ2n) is 9.76. The minimum atomic E-state index is -0.882. The molecule has 2 aliphatic heterocycles. The molecular weight excluding hydrogens is 474 g/mol.